The van der Waals surface area contributed by atoms with Gasteiger partial charge in [-0.2, -0.15) is 5.10 Å². The van der Waals surface area contributed by atoms with Crippen molar-refractivity contribution in [3.05, 3.63) is 57.0 Å². The molecule has 1 fully saturated rings. The minimum absolute atomic E-state index is 0.113. The van der Waals surface area contributed by atoms with Crippen LogP contribution in [0, 0.1) is 19.8 Å². The fourth-order valence-corrected chi connectivity index (χ4v) is 4.57. The predicted octanol–water partition coefficient (Wildman–Crippen LogP) is 1.97. The molecule has 1 aliphatic heterocycles. The van der Waals surface area contributed by atoms with Crippen LogP contribution in [0.25, 0.3) is 16.2 Å². The predicted molar refractivity (Wildman–Crippen MR) is 127 cm³/mol. The molecule has 0 radical (unpaired) electrons. The van der Waals surface area contributed by atoms with Crippen LogP contribution >= 0.6 is 11.3 Å². The number of carbonyl (C=O) groups excluding carboxylic acids is 1. The topological polar surface area (TPSA) is 135 Å². The van der Waals surface area contributed by atoms with Crippen LogP contribution < -0.4 is 15.6 Å². The van der Waals surface area contributed by atoms with E-state index in [1.54, 1.807) is 29.2 Å². The normalized spacial score (nSPS) is 13.8. The molecule has 0 spiro atoms. The van der Waals surface area contributed by atoms with Crippen molar-refractivity contribution in [2.24, 2.45) is 13.0 Å². The molecule has 11 nitrogen and oxygen atoms in total. The van der Waals surface area contributed by atoms with Crippen molar-refractivity contribution in [2.45, 2.75) is 13.8 Å². The lowest BCUT2D eigenvalue weighted by Crippen LogP contribution is -2.52. The van der Waals surface area contributed by atoms with Crippen LogP contribution in [0.2, 0.25) is 0 Å². The molecule has 1 aliphatic rings. The van der Waals surface area contributed by atoms with E-state index in [0.29, 0.717) is 41.1 Å². The Labute approximate surface area is 197 Å². The SMILES string of the molecule is Cc1cc(N2CC(C(=O)Nc3cc(C)n(C)n3)C2)nc2c1c(=O)c(C(=O)O)cn2-c1nccs1. The maximum absolute atomic E-state index is 12.9. The van der Waals surface area contributed by atoms with Crippen LogP contribution in [0.3, 0.4) is 0 Å². The fraction of sp³-hybridized carbons (Fsp3) is 0.273. The summed E-state index contributed by atoms with van der Waals surface area (Å²) in [5, 5.41) is 19.1. The molecule has 0 saturated carbocycles. The number of carbonyl (C=O) groups is 2. The lowest BCUT2D eigenvalue weighted by molar-refractivity contribution is -0.120. The number of amides is 1. The molecule has 0 aromatic carbocycles. The number of aromatic nitrogens is 5. The van der Waals surface area contributed by atoms with E-state index >= 15 is 0 Å². The van der Waals surface area contributed by atoms with Gasteiger partial charge < -0.3 is 15.3 Å². The number of anilines is 2. The number of rotatable bonds is 5. The number of hydrogen-bond donors (Lipinski definition) is 2. The third-order valence-electron chi connectivity index (χ3n) is 5.94. The zero-order valence-electron chi connectivity index (χ0n) is 18.6. The second-order valence-electron chi connectivity index (χ2n) is 8.24. The molecule has 4 aromatic heterocycles. The maximum atomic E-state index is 12.9. The van der Waals surface area contributed by atoms with Crippen LogP contribution in [0.15, 0.2) is 34.7 Å². The molecule has 5 heterocycles. The zero-order valence-corrected chi connectivity index (χ0v) is 19.5. The lowest BCUT2D eigenvalue weighted by atomic mass is 9.98. The third-order valence-corrected chi connectivity index (χ3v) is 6.71. The van der Waals surface area contributed by atoms with Crippen molar-refractivity contribution in [1.29, 1.82) is 0 Å². The number of carboxylic acids is 1. The smallest absolute Gasteiger partial charge is 0.341 e. The van der Waals surface area contributed by atoms with E-state index < -0.39 is 11.4 Å². The Kier molecular flexibility index (Phi) is 5.16. The van der Waals surface area contributed by atoms with E-state index in [9.17, 15) is 19.5 Å². The van der Waals surface area contributed by atoms with Gasteiger partial charge in [0.25, 0.3) is 0 Å². The summed E-state index contributed by atoms with van der Waals surface area (Å²) in [7, 11) is 1.81. The minimum Gasteiger partial charge on any atom is -0.477 e. The maximum Gasteiger partial charge on any atom is 0.341 e. The molecule has 34 heavy (non-hydrogen) atoms. The Balaban J connectivity index is 1.46. The third kappa shape index (κ3) is 3.61. The van der Waals surface area contributed by atoms with E-state index in [2.05, 4.69) is 20.4 Å². The Morgan fingerprint density at radius 2 is 2.00 bits per heavy atom. The fourth-order valence-electron chi connectivity index (χ4n) is 3.95. The highest BCUT2D eigenvalue weighted by Gasteiger charge is 2.34. The highest BCUT2D eigenvalue weighted by Crippen LogP contribution is 2.29. The first-order chi connectivity index (χ1) is 16.2. The molecule has 1 amide bonds. The van der Waals surface area contributed by atoms with Crippen molar-refractivity contribution >= 4 is 45.9 Å². The van der Waals surface area contributed by atoms with Gasteiger partial charge in [-0.3, -0.25) is 18.8 Å². The summed E-state index contributed by atoms with van der Waals surface area (Å²) in [4.78, 5) is 48.1. The van der Waals surface area contributed by atoms with E-state index in [-0.39, 0.29) is 22.8 Å². The summed E-state index contributed by atoms with van der Waals surface area (Å²) in [6.45, 7) is 4.58. The van der Waals surface area contributed by atoms with Gasteiger partial charge in [-0.15, -0.1) is 11.3 Å². The van der Waals surface area contributed by atoms with Crippen LogP contribution in [-0.4, -0.2) is 54.4 Å². The number of nitrogens with zero attached hydrogens (tertiary/aromatic N) is 6. The molecular formula is C22H21N7O4S. The van der Waals surface area contributed by atoms with Gasteiger partial charge in [-0.1, -0.05) is 0 Å². The first-order valence-electron chi connectivity index (χ1n) is 10.5. The second-order valence-corrected chi connectivity index (χ2v) is 9.12. The summed E-state index contributed by atoms with van der Waals surface area (Å²) in [6.07, 6.45) is 2.87. The van der Waals surface area contributed by atoms with Gasteiger partial charge in [-0.05, 0) is 25.5 Å². The summed E-state index contributed by atoms with van der Waals surface area (Å²) in [6, 6.07) is 3.56. The summed E-state index contributed by atoms with van der Waals surface area (Å²) in [5.74, 6) is -0.519. The van der Waals surface area contributed by atoms with Gasteiger partial charge in [0.15, 0.2) is 16.6 Å². The molecule has 0 unspecified atom stereocenters. The average molecular weight is 480 g/mol. The van der Waals surface area contributed by atoms with Crippen LogP contribution in [0.4, 0.5) is 11.6 Å². The van der Waals surface area contributed by atoms with Gasteiger partial charge in [0.05, 0.1) is 11.3 Å². The van der Waals surface area contributed by atoms with Gasteiger partial charge >= 0.3 is 5.97 Å². The first-order valence-corrected chi connectivity index (χ1v) is 11.4. The molecule has 0 bridgehead atoms. The Bertz CT molecular complexity index is 1480. The Hall–Kier alpha value is -4.06. The van der Waals surface area contributed by atoms with E-state index in [1.165, 1.54) is 22.1 Å². The second kappa shape index (κ2) is 8.06. The van der Waals surface area contributed by atoms with Crippen molar-refractivity contribution in [3.63, 3.8) is 0 Å². The van der Waals surface area contributed by atoms with Crippen LogP contribution in [0.1, 0.15) is 21.6 Å². The molecule has 174 valence electrons. The number of thiazole rings is 1. The largest absolute Gasteiger partial charge is 0.477 e. The summed E-state index contributed by atoms with van der Waals surface area (Å²) < 4.78 is 3.23. The monoisotopic (exact) mass is 479 g/mol. The highest BCUT2D eigenvalue weighted by molar-refractivity contribution is 7.12. The number of aryl methyl sites for hydroxylation is 3. The lowest BCUT2D eigenvalue weighted by Gasteiger charge is -2.39. The van der Waals surface area contributed by atoms with E-state index in [0.717, 1.165) is 5.69 Å². The molecule has 1 saturated heterocycles. The summed E-state index contributed by atoms with van der Waals surface area (Å²) >= 11 is 1.31. The first kappa shape index (κ1) is 21.8. The molecule has 2 N–H and O–H groups in total. The Morgan fingerprint density at radius 1 is 1.24 bits per heavy atom. The standard InChI is InChI=1S/C22H21N7O4S/c1-11-6-16(28-8-13(9-28)20(31)24-15-7-12(2)27(3)26-15)25-19-17(11)18(30)14(21(32)33)10-29(19)22-23-4-5-34-22/h4-7,10,13H,8-9H2,1-3H3,(H,32,33)(H,24,26,31). The number of aromatic carboxylic acids is 1. The van der Waals surface area contributed by atoms with Crippen molar-refractivity contribution in [1.82, 2.24) is 24.3 Å². The highest BCUT2D eigenvalue weighted by atomic mass is 32.1. The number of hydrogen-bond acceptors (Lipinski definition) is 8. The van der Waals surface area contributed by atoms with Gasteiger partial charge in [0.2, 0.25) is 11.3 Å². The molecule has 5 rings (SSSR count). The van der Waals surface area contributed by atoms with Gasteiger partial charge in [0, 0.05) is 49.7 Å². The average Bonchev–Trinajstić information content (AvgIpc) is 3.36. The minimum atomic E-state index is -1.31. The van der Waals surface area contributed by atoms with E-state index in [4.69, 9.17) is 0 Å². The van der Waals surface area contributed by atoms with Crippen LogP contribution in [-0.2, 0) is 11.8 Å². The van der Waals surface area contributed by atoms with Crippen molar-refractivity contribution < 1.29 is 14.7 Å². The molecular weight excluding hydrogens is 458 g/mol. The zero-order chi connectivity index (χ0) is 24.1. The number of nitrogens with one attached hydrogen (secondary N) is 1. The molecule has 0 aliphatic carbocycles. The number of carboxylic acid groups (broad SMARTS) is 1. The summed E-state index contributed by atoms with van der Waals surface area (Å²) in [5.41, 5.74) is 0.954. The Morgan fingerprint density at radius 3 is 2.62 bits per heavy atom. The molecule has 12 heteroatoms. The molecule has 0 atom stereocenters. The van der Waals surface area contributed by atoms with Crippen LogP contribution in [0.5, 0.6) is 0 Å². The van der Waals surface area contributed by atoms with Gasteiger partial charge in [-0.25, -0.2) is 14.8 Å². The number of pyridine rings is 2. The number of fused-ring (bicyclic) bond motifs is 1. The molecule has 4 aromatic rings. The quantitative estimate of drug-likeness (QED) is 0.444. The van der Waals surface area contributed by atoms with Crippen molar-refractivity contribution in [2.75, 3.05) is 23.3 Å². The van der Waals surface area contributed by atoms with E-state index in [1.807, 2.05) is 24.9 Å². The van der Waals surface area contributed by atoms with Crippen molar-refractivity contribution in [3.8, 4) is 5.13 Å². The van der Waals surface area contributed by atoms with Gasteiger partial charge in [0.1, 0.15) is 11.4 Å².